The van der Waals surface area contributed by atoms with Gasteiger partial charge >= 0.3 is 29.3 Å². The van der Waals surface area contributed by atoms with Crippen LogP contribution in [-0.2, 0) is 29.1 Å². The third-order valence-electron chi connectivity index (χ3n) is 5.87. The van der Waals surface area contributed by atoms with E-state index in [0.717, 1.165) is 0 Å². The molecule has 1 aliphatic rings. The van der Waals surface area contributed by atoms with Crippen LogP contribution in [0.3, 0.4) is 0 Å². The van der Waals surface area contributed by atoms with Gasteiger partial charge in [-0.05, 0) is 94.4 Å². The molecule has 0 bridgehead atoms. The molecule has 1 aliphatic carbocycles. The van der Waals surface area contributed by atoms with Gasteiger partial charge in [0.05, 0.1) is 17.0 Å². The van der Waals surface area contributed by atoms with Crippen LogP contribution in [0, 0.1) is 13.1 Å². The third kappa shape index (κ3) is 8.46. The Morgan fingerprint density at radius 1 is 0.878 bits per heavy atom. The fourth-order valence-electron chi connectivity index (χ4n) is 3.92. The molecule has 0 aliphatic heterocycles. The summed E-state index contributed by atoms with van der Waals surface area (Å²) in [7, 11) is -6.91. The predicted molar refractivity (Wildman–Crippen MR) is 145 cm³/mol. The SMILES string of the molecule is O=C(OC1CCC(C(=O)OC(C(F)(F)F)C(F)(F)S(=O)(=O)[O-])C(OC(=O)c2cccc(I)c2)C1)c1cccc(I)c1. The van der Waals surface area contributed by atoms with E-state index in [9.17, 15) is 49.3 Å². The van der Waals surface area contributed by atoms with Gasteiger partial charge in [-0.2, -0.15) is 22.0 Å². The number of halogens is 7. The summed E-state index contributed by atoms with van der Waals surface area (Å²) >= 11 is 3.85. The maximum absolute atomic E-state index is 13.9. The summed E-state index contributed by atoms with van der Waals surface area (Å²) in [6, 6.07) is 12.2. The summed E-state index contributed by atoms with van der Waals surface area (Å²) in [6.45, 7) is 0. The number of ether oxygens (including phenoxy) is 3. The molecule has 9 nitrogen and oxygen atoms in total. The Kier molecular flexibility index (Phi) is 10.6. The summed E-state index contributed by atoms with van der Waals surface area (Å²) in [5.41, 5.74) is 0.152. The van der Waals surface area contributed by atoms with Gasteiger partial charge in [0.25, 0.3) is 6.10 Å². The van der Waals surface area contributed by atoms with E-state index in [1.165, 1.54) is 30.3 Å². The Hall–Kier alpha value is -2.13. The van der Waals surface area contributed by atoms with Crippen LogP contribution in [0.15, 0.2) is 48.5 Å². The number of rotatable bonds is 8. The second-order valence-electron chi connectivity index (χ2n) is 8.79. The van der Waals surface area contributed by atoms with Crippen molar-refractivity contribution in [2.75, 3.05) is 0 Å². The van der Waals surface area contributed by atoms with Gasteiger partial charge in [-0.15, -0.1) is 0 Å². The molecular weight excluding hydrogens is 813 g/mol. The molecule has 4 unspecified atom stereocenters. The molecule has 2 aromatic carbocycles. The highest BCUT2D eigenvalue weighted by Crippen LogP contribution is 2.40. The van der Waals surface area contributed by atoms with Gasteiger partial charge in [0.1, 0.15) is 12.2 Å². The van der Waals surface area contributed by atoms with E-state index in [-0.39, 0.29) is 17.5 Å². The number of hydrogen-bond acceptors (Lipinski definition) is 9. The molecule has 1 fully saturated rings. The molecule has 0 heterocycles. The van der Waals surface area contributed by atoms with Crippen molar-refractivity contribution in [3.05, 3.63) is 66.8 Å². The average molecular weight is 831 g/mol. The van der Waals surface area contributed by atoms with Gasteiger partial charge in [-0.3, -0.25) is 4.79 Å². The van der Waals surface area contributed by atoms with Crippen LogP contribution in [0.2, 0.25) is 0 Å². The maximum Gasteiger partial charge on any atom is 0.432 e. The average Bonchev–Trinajstić information content (AvgIpc) is 2.85. The van der Waals surface area contributed by atoms with E-state index < -0.39 is 76.5 Å². The highest BCUT2D eigenvalue weighted by molar-refractivity contribution is 14.1. The van der Waals surface area contributed by atoms with E-state index >= 15 is 0 Å². The second-order valence-corrected chi connectivity index (χ2v) is 12.7. The Morgan fingerprint density at radius 3 is 1.85 bits per heavy atom. The third-order valence-corrected chi connectivity index (χ3v) is 8.09. The van der Waals surface area contributed by atoms with Crippen LogP contribution in [0.25, 0.3) is 0 Å². The first-order valence-electron chi connectivity index (χ1n) is 11.4. The minimum Gasteiger partial charge on any atom is -0.743 e. The molecule has 224 valence electrons. The number of esters is 3. The highest BCUT2D eigenvalue weighted by atomic mass is 127. The van der Waals surface area contributed by atoms with Crippen molar-refractivity contribution in [2.45, 2.75) is 49.0 Å². The first-order valence-corrected chi connectivity index (χ1v) is 15.0. The van der Waals surface area contributed by atoms with Crippen LogP contribution >= 0.6 is 45.2 Å². The lowest BCUT2D eigenvalue weighted by atomic mass is 9.84. The summed E-state index contributed by atoms with van der Waals surface area (Å²) in [4.78, 5) is 38.1. The Morgan fingerprint density at radius 2 is 1.39 bits per heavy atom. The minimum absolute atomic E-state index is 0.0147. The van der Waals surface area contributed by atoms with Crippen LogP contribution in [0.1, 0.15) is 40.0 Å². The maximum atomic E-state index is 13.9. The molecule has 17 heteroatoms. The molecule has 0 N–H and O–H groups in total. The minimum atomic E-state index is -6.91. The summed E-state index contributed by atoms with van der Waals surface area (Å²) in [6.07, 6.45) is -14.5. The topological polar surface area (TPSA) is 136 Å². The van der Waals surface area contributed by atoms with E-state index in [1.54, 1.807) is 18.2 Å². The normalized spacial score (nSPS) is 20.5. The number of benzene rings is 2. The number of hydrogen-bond donors (Lipinski definition) is 0. The van der Waals surface area contributed by atoms with Gasteiger partial charge in [-0.1, -0.05) is 12.1 Å². The van der Waals surface area contributed by atoms with Gasteiger partial charge in [0.2, 0.25) is 0 Å². The molecule has 0 saturated heterocycles. The molecule has 2 aromatic rings. The largest absolute Gasteiger partial charge is 0.743 e. The van der Waals surface area contributed by atoms with Crippen molar-refractivity contribution in [3.63, 3.8) is 0 Å². The van der Waals surface area contributed by atoms with Crippen molar-refractivity contribution in [1.82, 2.24) is 0 Å². The lowest BCUT2D eigenvalue weighted by Crippen LogP contribution is -2.53. The van der Waals surface area contributed by atoms with Crippen LogP contribution in [-0.4, -0.2) is 60.6 Å². The lowest BCUT2D eigenvalue weighted by Gasteiger charge is -2.36. The van der Waals surface area contributed by atoms with Crippen LogP contribution < -0.4 is 0 Å². The standard InChI is InChI=1S/C24H19F5I2O9S/c25-23(26,27)22(24(28,29)41(35,36)37)40-21(34)17-8-7-16(38-19(32)12-3-1-5-14(30)9-12)11-18(17)39-20(33)13-4-2-6-15(31)10-13/h1-6,9-10,16-18,22H,7-8,11H2,(H,35,36,37)/p-1. The smallest absolute Gasteiger partial charge is 0.432 e. The van der Waals surface area contributed by atoms with Crippen molar-refractivity contribution >= 4 is 73.2 Å². The zero-order valence-corrected chi connectivity index (χ0v) is 25.4. The van der Waals surface area contributed by atoms with Crippen molar-refractivity contribution in [2.24, 2.45) is 5.92 Å². The van der Waals surface area contributed by atoms with Crippen LogP contribution in [0.5, 0.6) is 0 Å². The van der Waals surface area contributed by atoms with Crippen LogP contribution in [0.4, 0.5) is 22.0 Å². The molecule has 41 heavy (non-hydrogen) atoms. The molecule has 0 radical (unpaired) electrons. The van der Waals surface area contributed by atoms with E-state index in [0.29, 0.717) is 7.14 Å². The summed E-state index contributed by atoms with van der Waals surface area (Å²) in [5.74, 6) is -5.60. The Balaban J connectivity index is 1.87. The zero-order valence-electron chi connectivity index (χ0n) is 20.3. The number of carbonyl (C=O) groups is 3. The van der Waals surface area contributed by atoms with Gasteiger partial charge in [0, 0.05) is 13.6 Å². The molecular formula is C24H18F5I2O9S-. The Labute approximate surface area is 257 Å². The highest BCUT2D eigenvalue weighted by Gasteiger charge is 2.63. The first-order chi connectivity index (χ1) is 18.9. The van der Waals surface area contributed by atoms with Crippen molar-refractivity contribution in [1.29, 1.82) is 0 Å². The fraction of sp³-hybridized carbons (Fsp3) is 0.375. The summed E-state index contributed by atoms with van der Waals surface area (Å²) < 4.78 is 116. The molecule has 0 amide bonds. The summed E-state index contributed by atoms with van der Waals surface area (Å²) in [5, 5.41) is -6.05. The first kappa shape index (κ1) is 33.4. The second kappa shape index (κ2) is 13.0. The molecule has 4 atom stereocenters. The number of carbonyl (C=O) groups excluding carboxylic acids is 3. The zero-order chi connectivity index (χ0) is 30.8. The molecule has 0 aromatic heterocycles. The van der Waals surface area contributed by atoms with Gasteiger partial charge in [-0.25, -0.2) is 18.0 Å². The number of alkyl halides is 5. The lowest BCUT2D eigenvalue weighted by molar-refractivity contribution is -0.262. The Bertz CT molecular complexity index is 1420. The quantitative estimate of drug-likeness (QED) is 0.118. The van der Waals surface area contributed by atoms with E-state index in [4.69, 9.17) is 9.47 Å². The monoisotopic (exact) mass is 831 g/mol. The molecule has 3 rings (SSSR count). The van der Waals surface area contributed by atoms with Crippen molar-refractivity contribution < 1.29 is 63.5 Å². The van der Waals surface area contributed by atoms with E-state index in [1.807, 2.05) is 45.2 Å². The van der Waals surface area contributed by atoms with E-state index in [2.05, 4.69) is 4.74 Å². The predicted octanol–water partition coefficient (Wildman–Crippen LogP) is 5.06. The van der Waals surface area contributed by atoms with Gasteiger partial charge in [0.15, 0.2) is 10.1 Å². The molecule has 1 saturated carbocycles. The fourth-order valence-corrected chi connectivity index (χ4v) is 5.45. The van der Waals surface area contributed by atoms with Crippen molar-refractivity contribution in [3.8, 4) is 0 Å². The van der Waals surface area contributed by atoms with Gasteiger partial charge < -0.3 is 18.8 Å². The molecule has 0 spiro atoms.